The number of nitrogens with two attached hydrogens (primary N) is 1. The monoisotopic (exact) mass is 293 g/mol. The first-order valence-electron chi connectivity index (χ1n) is 6.83. The standard InChI is InChI=1S/C15H21N2O4/c1-3-9(2)12(8-18)17-15(21)11(16)6-10-4-5-13(19)14(20)7-10/h4-5,7,9,11-12,19-20H,3,6,16H2,1-2H3,(H,17,21). The van der Waals surface area contributed by atoms with Gasteiger partial charge in [0.15, 0.2) is 11.5 Å². The summed E-state index contributed by atoms with van der Waals surface area (Å²) < 4.78 is 0. The average Bonchev–Trinajstić information content (AvgIpc) is 2.47. The molecule has 0 fully saturated rings. The number of carbonyl (C=O) groups excluding carboxylic acids is 2. The molecule has 0 aliphatic carbocycles. The molecule has 1 aromatic carbocycles. The maximum absolute atomic E-state index is 12.0. The first kappa shape index (κ1) is 17.0. The Labute approximate surface area is 124 Å². The third kappa shape index (κ3) is 4.75. The van der Waals surface area contributed by atoms with Crippen molar-refractivity contribution in [1.82, 2.24) is 5.32 Å². The number of rotatable bonds is 7. The molecule has 1 aromatic rings. The van der Waals surface area contributed by atoms with E-state index in [1.54, 1.807) is 6.07 Å². The lowest BCUT2D eigenvalue weighted by Crippen LogP contribution is -2.49. The molecule has 6 nitrogen and oxygen atoms in total. The smallest absolute Gasteiger partial charge is 0.237 e. The van der Waals surface area contributed by atoms with E-state index in [0.29, 0.717) is 5.56 Å². The summed E-state index contributed by atoms with van der Waals surface area (Å²) in [6.07, 6.45) is 2.73. The van der Waals surface area contributed by atoms with Crippen LogP contribution in [0.15, 0.2) is 18.2 Å². The van der Waals surface area contributed by atoms with Crippen molar-refractivity contribution in [3.05, 3.63) is 23.8 Å². The molecule has 0 spiro atoms. The Balaban J connectivity index is 2.65. The van der Waals surface area contributed by atoms with Gasteiger partial charge in [-0.05, 0) is 30.0 Å². The van der Waals surface area contributed by atoms with Gasteiger partial charge in [0, 0.05) is 0 Å². The minimum atomic E-state index is -0.853. The topological polar surface area (TPSA) is 113 Å². The van der Waals surface area contributed by atoms with Gasteiger partial charge in [0.25, 0.3) is 0 Å². The number of benzene rings is 1. The Morgan fingerprint density at radius 1 is 1.38 bits per heavy atom. The zero-order chi connectivity index (χ0) is 16.0. The molecule has 0 saturated heterocycles. The highest BCUT2D eigenvalue weighted by Gasteiger charge is 2.22. The fourth-order valence-electron chi connectivity index (χ4n) is 1.83. The predicted octanol–water partition coefficient (Wildman–Crippen LogP) is 0.608. The summed E-state index contributed by atoms with van der Waals surface area (Å²) in [6, 6.07) is 2.72. The van der Waals surface area contributed by atoms with Gasteiger partial charge in [0.2, 0.25) is 12.2 Å². The minimum Gasteiger partial charge on any atom is -0.504 e. The summed E-state index contributed by atoms with van der Waals surface area (Å²) in [7, 11) is 0. The number of amides is 1. The van der Waals surface area contributed by atoms with E-state index < -0.39 is 18.0 Å². The predicted molar refractivity (Wildman–Crippen MR) is 78.5 cm³/mol. The fraction of sp³-hybridized carbons (Fsp3) is 0.467. The number of phenols is 2. The number of hydrogen-bond donors (Lipinski definition) is 4. The van der Waals surface area contributed by atoms with Gasteiger partial charge >= 0.3 is 0 Å². The van der Waals surface area contributed by atoms with Crippen molar-refractivity contribution in [3.8, 4) is 11.5 Å². The van der Waals surface area contributed by atoms with Crippen LogP contribution >= 0.6 is 0 Å². The van der Waals surface area contributed by atoms with Crippen LogP contribution in [0.4, 0.5) is 0 Å². The van der Waals surface area contributed by atoms with E-state index in [4.69, 9.17) is 5.73 Å². The average molecular weight is 293 g/mol. The highest BCUT2D eigenvalue weighted by atomic mass is 16.3. The first-order valence-corrected chi connectivity index (χ1v) is 6.83. The first-order chi connectivity index (χ1) is 9.88. The van der Waals surface area contributed by atoms with Gasteiger partial charge in [-0.2, -0.15) is 0 Å². The molecule has 115 valence electrons. The van der Waals surface area contributed by atoms with Gasteiger partial charge < -0.3 is 21.3 Å². The number of phenolic OH excluding ortho intramolecular Hbond substituents is 2. The maximum Gasteiger partial charge on any atom is 0.237 e. The van der Waals surface area contributed by atoms with Crippen molar-refractivity contribution in [2.24, 2.45) is 11.7 Å². The lowest BCUT2D eigenvalue weighted by molar-refractivity contribution is -0.122. The Bertz CT molecular complexity index is 504. The van der Waals surface area contributed by atoms with Crippen molar-refractivity contribution in [3.63, 3.8) is 0 Å². The van der Waals surface area contributed by atoms with E-state index in [9.17, 15) is 19.8 Å². The van der Waals surface area contributed by atoms with E-state index in [1.807, 2.05) is 20.1 Å². The molecule has 0 bridgehead atoms. The molecular formula is C15H21N2O4. The molecular weight excluding hydrogens is 272 g/mol. The molecule has 6 heteroatoms. The van der Waals surface area contributed by atoms with Gasteiger partial charge in [-0.25, -0.2) is 0 Å². The SMILES string of the molecule is CCC(C)C([C]=O)NC(=O)C(N)Cc1ccc(O)c(O)c1. The lowest BCUT2D eigenvalue weighted by atomic mass is 9.99. The zero-order valence-corrected chi connectivity index (χ0v) is 12.2. The molecule has 3 atom stereocenters. The second-order valence-electron chi connectivity index (χ2n) is 5.12. The van der Waals surface area contributed by atoms with E-state index in [-0.39, 0.29) is 23.8 Å². The minimum absolute atomic E-state index is 0.0173. The molecule has 0 aliphatic heterocycles. The Kier molecular flexibility index (Phi) is 6.17. The molecule has 1 rings (SSSR count). The van der Waals surface area contributed by atoms with E-state index in [1.165, 1.54) is 12.1 Å². The molecule has 21 heavy (non-hydrogen) atoms. The van der Waals surface area contributed by atoms with Crippen molar-refractivity contribution in [2.45, 2.75) is 38.8 Å². The second-order valence-corrected chi connectivity index (χ2v) is 5.12. The summed E-state index contributed by atoms with van der Waals surface area (Å²) in [5.41, 5.74) is 6.41. The van der Waals surface area contributed by atoms with Crippen molar-refractivity contribution in [1.29, 1.82) is 0 Å². The summed E-state index contributed by atoms with van der Waals surface area (Å²) >= 11 is 0. The van der Waals surface area contributed by atoms with E-state index in [0.717, 1.165) is 6.42 Å². The fourth-order valence-corrected chi connectivity index (χ4v) is 1.83. The van der Waals surface area contributed by atoms with Crippen LogP contribution < -0.4 is 11.1 Å². The summed E-state index contributed by atoms with van der Waals surface area (Å²) in [5.74, 6) is -0.962. The number of carbonyl (C=O) groups is 1. The van der Waals surface area contributed by atoms with Crippen LogP contribution in [0.3, 0.4) is 0 Å². The summed E-state index contributed by atoms with van der Waals surface area (Å²) in [4.78, 5) is 22.8. The lowest BCUT2D eigenvalue weighted by Gasteiger charge is -2.20. The van der Waals surface area contributed by atoms with Gasteiger partial charge in [0.05, 0.1) is 12.1 Å². The molecule has 3 unspecified atom stereocenters. The Morgan fingerprint density at radius 3 is 2.57 bits per heavy atom. The number of nitrogens with one attached hydrogen (secondary N) is 1. The zero-order valence-electron chi connectivity index (χ0n) is 12.2. The van der Waals surface area contributed by atoms with E-state index in [2.05, 4.69) is 5.32 Å². The molecule has 1 radical (unpaired) electrons. The molecule has 1 amide bonds. The Morgan fingerprint density at radius 2 is 2.05 bits per heavy atom. The van der Waals surface area contributed by atoms with Gasteiger partial charge in [0.1, 0.15) is 0 Å². The summed E-state index contributed by atoms with van der Waals surface area (Å²) in [5, 5.41) is 21.2. The highest BCUT2D eigenvalue weighted by molar-refractivity contribution is 5.84. The van der Waals surface area contributed by atoms with Gasteiger partial charge in [-0.1, -0.05) is 26.3 Å². The van der Waals surface area contributed by atoms with Crippen LogP contribution in [0.1, 0.15) is 25.8 Å². The molecule has 5 N–H and O–H groups in total. The molecule has 0 heterocycles. The quantitative estimate of drug-likeness (QED) is 0.550. The van der Waals surface area contributed by atoms with Crippen molar-refractivity contribution < 1.29 is 19.8 Å². The second kappa shape index (κ2) is 7.64. The third-order valence-corrected chi connectivity index (χ3v) is 3.47. The van der Waals surface area contributed by atoms with Crippen LogP contribution in [0.25, 0.3) is 0 Å². The van der Waals surface area contributed by atoms with Crippen molar-refractivity contribution in [2.75, 3.05) is 0 Å². The van der Waals surface area contributed by atoms with Crippen LogP contribution in [-0.4, -0.2) is 34.5 Å². The molecule has 0 saturated carbocycles. The highest BCUT2D eigenvalue weighted by Crippen LogP contribution is 2.25. The maximum atomic E-state index is 12.0. The van der Waals surface area contributed by atoms with Crippen LogP contribution in [0.2, 0.25) is 0 Å². The molecule has 0 aromatic heterocycles. The largest absolute Gasteiger partial charge is 0.504 e. The van der Waals surface area contributed by atoms with Crippen LogP contribution in [0.5, 0.6) is 11.5 Å². The van der Waals surface area contributed by atoms with Crippen LogP contribution in [-0.2, 0) is 16.0 Å². The number of aromatic hydroxyl groups is 2. The normalized spacial score (nSPS) is 15.0. The molecule has 0 aliphatic rings. The summed E-state index contributed by atoms with van der Waals surface area (Å²) in [6.45, 7) is 3.76. The Hall–Kier alpha value is -2.08. The van der Waals surface area contributed by atoms with Crippen molar-refractivity contribution >= 4 is 12.2 Å². The van der Waals surface area contributed by atoms with Crippen LogP contribution in [0, 0.1) is 5.92 Å². The third-order valence-electron chi connectivity index (χ3n) is 3.47. The van der Waals surface area contributed by atoms with Gasteiger partial charge in [-0.3, -0.25) is 9.59 Å². The van der Waals surface area contributed by atoms with Gasteiger partial charge in [-0.15, -0.1) is 0 Å². The van der Waals surface area contributed by atoms with E-state index >= 15 is 0 Å². The number of hydrogen-bond acceptors (Lipinski definition) is 5.